The van der Waals surface area contributed by atoms with Gasteiger partial charge in [0.2, 0.25) is 0 Å². The maximum absolute atomic E-state index is 10.7. The summed E-state index contributed by atoms with van der Waals surface area (Å²) < 4.78 is 7.13. The lowest BCUT2D eigenvalue weighted by Gasteiger charge is -2.11. The molecule has 4 rings (SSSR count). The number of aromatic nitrogens is 2. The molecular formula is C20H14N2O2. The lowest BCUT2D eigenvalue weighted by Crippen LogP contribution is -1.97. The second-order valence-electron chi connectivity index (χ2n) is 5.38. The standard InChI is InChI=1S/C20H14N2O2/c23-14-24-18-9-8-16-11-19(15-5-2-1-3-6-15)22(20(16)12-18)17-7-4-10-21-13-17/h1-14H. The second kappa shape index (κ2) is 6.01. The highest BCUT2D eigenvalue weighted by Crippen LogP contribution is 2.33. The third-order valence-corrected chi connectivity index (χ3v) is 3.93. The van der Waals surface area contributed by atoms with Gasteiger partial charge < -0.3 is 9.30 Å². The molecule has 116 valence electrons. The monoisotopic (exact) mass is 314 g/mol. The molecule has 0 bridgehead atoms. The van der Waals surface area contributed by atoms with Crippen molar-refractivity contribution < 1.29 is 9.53 Å². The van der Waals surface area contributed by atoms with E-state index in [2.05, 4.69) is 27.8 Å². The fourth-order valence-electron chi connectivity index (χ4n) is 2.90. The summed E-state index contributed by atoms with van der Waals surface area (Å²) in [6.45, 7) is 0.441. The van der Waals surface area contributed by atoms with Crippen molar-refractivity contribution in [1.82, 2.24) is 9.55 Å². The van der Waals surface area contributed by atoms with Crippen molar-refractivity contribution in [2.75, 3.05) is 0 Å². The second-order valence-corrected chi connectivity index (χ2v) is 5.38. The molecule has 0 saturated heterocycles. The van der Waals surface area contributed by atoms with Crippen LogP contribution in [0.15, 0.2) is 79.1 Å². The SMILES string of the molecule is O=COc1ccc2cc(-c3ccccc3)n(-c3cccnc3)c2c1. The minimum atomic E-state index is 0.441. The van der Waals surface area contributed by atoms with Crippen molar-refractivity contribution >= 4 is 17.4 Å². The molecule has 0 spiro atoms. The molecule has 0 radical (unpaired) electrons. The molecule has 0 unspecified atom stereocenters. The van der Waals surface area contributed by atoms with Crippen LogP contribution in [0.3, 0.4) is 0 Å². The molecule has 0 N–H and O–H groups in total. The lowest BCUT2D eigenvalue weighted by atomic mass is 10.1. The Balaban J connectivity index is 2.03. The largest absolute Gasteiger partial charge is 0.429 e. The number of carbonyl (C=O) groups excluding carboxylic acids is 1. The van der Waals surface area contributed by atoms with E-state index in [0.29, 0.717) is 12.2 Å². The molecule has 0 aliphatic carbocycles. The van der Waals surface area contributed by atoms with Crippen molar-refractivity contribution in [2.45, 2.75) is 0 Å². The Bertz CT molecular complexity index is 992. The predicted molar refractivity (Wildman–Crippen MR) is 93.2 cm³/mol. The van der Waals surface area contributed by atoms with Gasteiger partial charge >= 0.3 is 0 Å². The molecule has 2 heterocycles. The minimum absolute atomic E-state index is 0.441. The van der Waals surface area contributed by atoms with Crippen LogP contribution in [0.5, 0.6) is 5.75 Å². The normalized spacial score (nSPS) is 10.7. The van der Waals surface area contributed by atoms with Crippen LogP contribution in [-0.2, 0) is 4.79 Å². The summed E-state index contributed by atoms with van der Waals surface area (Å²) in [6.07, 6.45) is 3.57. The topological polar surface area (TPSA) is 44.1 Å². The van der Waals surface area contributed by atoms with E-state index >= 15 is 0 Å². The first-order valence-corrected chi connectivity index (χ1v) is 7.58. The van der Waals surface area contributed by atoms with Crippen LogP contribution in [0.1, 0.15) is 0 Å². The molecule has 0 fully saturated rings. The van der Waals surface area contributed by atoms with Crippen molar-refractivity contribution in [3.05, 3.63) is 79.1 Å². The number of rotatable bonds is 4. The predicted octanol–water partition coefficient (Wildman–Crippen LogP) is 4.23. The summed E-state index contributed by atoms with van der Waals surface area (Å²) in [5, 5.41) is 1.07. The van der Waals surface area contributed by atoms with Gasteiger partial charge in [0.15, 0.2) is 0 Å². The number of hydrogen-bond donors (Lipinski definition) is 0. The van der Waals surface area contributed by atoms with E-state index < -0.39 is 0 Å². The van der Waals surface area contributed by atoms with Gasteiger partial charge in [-0.05, 0) is 35.9 Å². The van der Waals surface area contributed by atoms with Gasteiger partial charge in [-0.15, -0.1) is 0 Å². The molecule has 0 aliphatic heterocycles. The Morgan fingerprint density at radius 2 is 1.83 bits per heavy atom. The van der Waals surface area contributed by atoms with E-state index in [1.165, 1.54) is 0 Å². The van der Waals surface area contributed by atoms with E-state index in [4.69, 9.17) is 4.74 Å². The van der Waals surface area contributed by atoms with Crippen molar-refractivity contribution in [3.63, 3.8) is 0 Å². The zero-order valence-electron chi connectivity index (χ0n) is 12.8. The Labute approximate surface area is 139 Å². The van der Waals surface area contributed by atoms with Crippen LogP contribution in [0.4, 0.5) is 0 Å². The summed E-state index contributed by atoms with van der Waals surface area (Å²) in [7, 11) is 0. The number of pyridine rings is 1. The quantitative estimate of drug-likeness (QED) is 0.530. The molecule has 0 aliphatic rings. The number of benzene rings is 2. The maximum atomic E-state index is 10.7. The van der Waals surface area contributed by atoms with Crippen LogP contribution >= 0.6 is 0 Å². The van der Waals surface area contributed by atoms with Gasteiger partial charge in [-0.25, -0.2) is 0 Å². The zero-order valence-corrected chi connectivity index (χ0v) is 12.8. The average molecular weight is 314 g/mol. The van der Waals surface area contributed by atoms with Crippen LogP contribution in [0, 0.1) is 0 Å². The van der Waals surface area contributed by atoms with Gasteiger partial charge in [-0.3, -0.25) is 9.78 Å². The Hall–Kier alpha value is -3.40. The summed E-state index contributed by atoms with van der Waals surface area (Å²) in [5.41, 5.74) is 4.08. The summed E-state index contributed by atoms with van der Waals surface area (Å²) >= 11 is 0. The van der Waals surface area contributed by atoms with Gasteiger partial charge in [0.25, 0.3) is 6.47 Å². The molecule has 2 aromatic carbocycles. The highest BCUT2D eigenvalue weighted by atomic mass is 16.5. The minimum Gasteiger partial charge on any atom is -0.429 e. The van der Waals surface area contributed by atoms with Gasteiger partial charge in [0.05, 0.1) is 23.1 Å². The molecule has 2 aromatic heterocycles. The van der Waals surface area contributed by atoms with Crippen molar-refractivity contribution in [2.24, 2.45) is 0 Å². The number of ether oxygens (including phenoxy) is 1. The highest BCUT2D eigenvalue weighted by molar-refractivity contribution is 5.90. The van der Waals surface area contributed by atoms with E-state index in [9.17, 15) is 4.79 Å². The van der Waals surface area contributed by atoms with E-state index in [1.54, 1.807) is 12.3 Å². The molecule has 24 heavy (non-hydrogen) atoms. The maximum Gasteiger partial charge on any atom is 0.298 e. The van der Waals surface area contributed by atoms with E-state index in [-0.39, 0.29) is 0 Å². The first-order chi connectivity index (χ1) is 11.9. The molecule has 4 aromatic rings. The highest BCUT2D eigenvalue weighted by Gasteiger charge is 2.13. The van der Waals surface area contributed by atoms with E-state index in [0.717, 1.165) is 27.8 Å². The fourth-order valence-corrected chi connectivity index (χ4v) is 2.90. The molecule has 0 amide bonds. The van der Waals surface area contributed by atoms with Gasteiger partial charge in [-0.2, -0.15) is 0 Å². The molecule has 4 nitrogen and oxygen atoms in total. The van der Waals surface area contributed by atoms with Crippen molar-refractivity contribution in [3.8, 4) is 22.7 Å². The number of carbonyl (C=O) groups is 1. The van der Waals surface area contributed by atoms with Crippen LogP contribution < -0.4 is 4.74 Å². The van der Waals surface area contributed by atoms with Gasteiger partial charge in [0.1, 0.15) is 5.75 Å². The molecule has 0 saturated carbocycles. The van der Waals surface area contributed by atoms with Gasteiger partial charge in [-0.1, -0.05) is 30.3 Å². The Morgan fingerprint density at radius 3 is 2.58 bits per heavy atom. The Morgan fingerprint density at radius 1 is 0.958 bits per heavy atom. The fraction of sp³-hybridized carbons (Fsp3) is 0. The van der Waals surface area contributed by atoms with Crippen LogP contribution in [-0.4, -0.2) is 16.0 Å². The smallest absolute Gasteiger partial charge is 0.298 e. The number of fused-ring (bicyclic) bond motifs is 1. The number of nitrogens with zero attached hydrogens (tertiary/aromatic N) is 2. The zero-order chi connectivity index (χ0) is 16.4. The van der Waals surface area contributed by atoms with Gasteiger partial charge in [0, 0.05) is 17.6 Å². The van der Waals surface area contributed by atoms with Crippen LogP contribution in [0.2, 0.25) is 0 Å². The average Bonchev–Trinajstić information content (AvgIpc) is 3.02. The lowest BCUT2D eigenvalue weighted by molar-refractivity contribution is -0.120. The summed E-state index contributed by atoms with van der Waals surface area (Å²) in [6, 6.07) is 21.8. The van der Waals surface area contributed by atoms with E-state index in [1.807, 2.05) is 48.7 Å². The third-order valence-electron chi connectivity index (χ3n) is 3.93. The third kappa shape index (κ3) is 2.44. The first-order valence-electron chi connectivity index (χ1n) is 7.58. The van der Waals surface area contributed by atoms with Crippen LogP contribution in [0.25, 0.3) is 27.8 Å². The first kappa shape index (κ1) is 14.2. The summed E-state index contributed by atoms with van der Waals surface area (Å²) in [5.74, 6) is 0.514. The Kier molecular flexibility index (Phi) is 3.56. The molecule has 0 atom stereocenters. The van der Waals surface area contributed by atoms with Crippen molar-refractivity contribution in [1.29, 1.82) is 0 Å². The summed E-state index contributed by atoms with van der Waals surface area (Å²) in [4.78, 5) is 14.9. The number of hydrogen-bond acceptors (Lipinski definition) is 3. The molecular weight excluding hydrogens is 300 g/mol. The molecule has 4 heteroatoms.